The summed E-state index contributed by atoms with van der Waals surface area (Å²) in [6.07, 6.45) is 0.624. The van der Waals surface area contributed by atoms with Gasteiger partial charge in [0.15, 0.2) is 0 Å². The summed E-state index contributed by atoms with van der Waals surface area (Å²) in [6, 6.07) is 20.9. The summed E-state index contributed by atoms with van der Waals surface area (Å²) in [5, 5.41) is 10.3. The van der Waals surface area contributed by atoms with Crippen LogP contribution in [-0.2, 0) is 0 Å². The molecule has 2 aromatic rings. The fourth-order valence-corrected chi connectivity index (χ4v) is 6.47. The first-order valence-corrected chi connectivity index (χ1v) is 12.2. The fourth-order valence-electron chi connectivity index (χ4n) is 1.92. The summed E-state index contributed by atoms with van der Waals surface area (Å²) in [4.78, 5) is 0. The van der Waals surface area contributed by atoms with E-state index in [1.165, 1.54) is 7.83 Å². The summed E-state index contributed by atoms with van der Waals surface area (Å²) in [7, 11) is 0. The second-order valence-corrected chi connectivity index (χ2v) is 10.8. The van der Waals surface area contributed by atoms with Gasteiger partial charge in [-0.2, -0.15) is 0 Å². The van der Waals surface area contributed by atoms with Crippen LogP contribution in [0.15, 0.2) is 64.0 Å². The molecule has 1 nitrogen and oxygen atoms in total. The van der Waals surface area contributed by atoms with Gasteiger partial charge in [0.2, 0.25) is 0 Å². The molecule has 0 aliphatic heterocycles. The molecule has 1 N–H and O–H groups in total. The van der Waals surface area contributed by atoms with Crippen molar-refractivity contribution >= 4 is 39.9 Å². The van der Waals surface area contributed by atoms with Crippen LogP contribution in [0.4, 0.5) is 0 Å². The van der Waals surface area contributed by atoms with Gasteiger partial charge in [0.05, 0.1) is 0 Å². The Morgan fingerprint density at radius 2 is 1.62 bits per heavy atom. The summed E-state index contributed by atoms with van der Waals surface area (Å²) >= 11 is 0.627. The van der Waals surface area contributed by atoms with E-state index in [9.17, 15) is 5.11 Å². The van der Waals surface area contributed by atoms with Crippen LogP contribution >= 0.6 is 0 Å². The van der Waals surface area contributed by atoms with Gasteiger partial charge in [-0.1, -0.05) is 0 Å². The van der Waals surface area contributed by atoms with Crippen LogP contribution in [0.5, 0.6) is 0 Å². The zero-order valence-corrected chi connectivity index (χ0v) is 17.7. The molecule has 124 valence electrons. The molecule has 2 rings (SSSR count). The van der Waals surface area contributed by atoms with Crippen LogP contribution in [0.3, 0.4) is 0 Å². The first-order chi connectivity index (χ1) is 11.6. The molecule has 0 aromatic heterocycles. The van der Waals surface area contributed by atoms with Crippen molar-refractivity contribution in [2.24, 2.45) is 0 Å². The Kier molecular flexibility index (Phi) is 7.37. The van der Waals surface area contributed by atoms with Crippen molar-refractivity contribution in [2.45, 2.75) is 31.7 Å². The number of rotatable bonds is 5. The molecule has 0 amide bonds. The first kappa shape index (κ1) is 19.1. The Balaban J connectivity index is 2.50. The predicted molar refractivity (Wildman–Crippen MR) is 106 cm³/mol. The molecule has 24 heavy (non-hydrogen) atoms. The van der Waals surface area contributed by atoms with E-state index in [4.69, 9.17) is 0 Å². The Morgan fingerprint density at radius 1 is 1.04 bits per heavy atom. The van der Waals surface area contributed by atoms with Crippen LogP contribution in [0.25, 0.3) is 5.57 Å². The van der Waals surface area contributed by atoms with Crippen LogP contribution in [-0.4, -0.2) is 40.6 Å². The van der Waals surface area contributed by atoms with Crippen LogP contribution < -0.4 is 4.46 Å². The summed E-state index contributed by atoms with van der Waals surface area (Å²) < 4.78 is 2.79. The summed E-state index contributed by atoms with van der Waals surface area (Å²) in [5.74, 6) is 8.63. The molecule has 0 heterocycles. The van der Waals surface area contributed by atoms with E-state index in [0.717, 1.165) is 11.1 Å². The molecule has 0 aliphatic carbocycles. The molecule has 2 aromatic carbocycles. The number of allylic oxidation sites excluding steroid dienone is 1. The van der Waals surface area contributed by atoms with Crippen molar-refractivity contribution in [3.8, 4) is 11.8 Å². The third kappa shape index (κ3) is 5.67. The van der Waals surface area contributed by atoms with E-state index < -0.39 is 5.60 Å². The van der Waals surface area contributed by atoms with E-state index >= 15 is 0 Å². The van der Waals surface area contributed by atoms with Crippen LogP contribution in [0, 0.1) is 11.8 Å². The van der Waals surface area contributed by atoms with Crippen LogP contribution in [0.2, 0.25) is 5.82 Å². The topological polar surface area (TPSA) is 20.2 Å². The second kappa shape index (κ2) is 9.28. The molecule has 1 unspecified atom stereocenters. The Labute approximate surface area is 157 Å². The van der Waals surface area contributed by atoms with Crippen molar-refractivity contribution in [1.82, 2.24) is 0 Å². The van der Waals surface area contributed by atoms with Gasteiger partial charge in [0, 0.05) is 0 Å². The molecule has 0 bridgehead atoms. The number of hydrogen-bond donors (Lipinski definition) is 1. The summed E-state index contributed by atoms with van der Waals surface area (Å²) in [6.45, 7) is 3.74. The van der Waals surface area contributed by atoms with Crippen molar-refractivity contribution in [3.63, 3.8) is 0 Å². The normalized spacial score (nSPS) is 14.2. The van der Waals surface area contributed by atoms with Gasteiger partial charge in [-0.05, 0) is 0 Å². The Hall–Kier alpha value is -1.26. The van der Waals surface area contributed by atoms with Crippen LogP contribution in [0.1, 0.15) is 25.8 Å². The van der Waals surface area contributed by atoms with E-state index in [2.05, 4.69) is 60.1 Å². The molecular formula is C21H22OSe2. The molecule has 0 radical (unpaired) electrons. The van der Waals surface area contributed by atoms with Gasteiger partial charge in [0.25, 0.3) is 0 Å². The Bertz CT molecular complexity index is 738. The molecule has 0 saturated carbocycles. The minimum absolute atomic E-state index is 0.258. The standard InChI is InChI=1S/C21H22OSe2/c1-4-21(2,22)16-15-19(17-11-7-5-8-12-17)20(23-3)24-18-13-9-6-10-14-18/h5-14,22H,4H2,1-3H3/b20-19-. The average molecular weight is 448 g/mol. The van der Waals surface area contributed by atoms with E-state index in [1.54, 1.807) is 6.92 Å². The number of benzene rings is 2. The maximum atomic E-state index is 10.3. The van der Waals surface area contributed by atoms with Crippen molar-refractivity contribution < 1.29 is 5.11 Å². The summed E-state index contributed by atoms with van der Waals surface area (Å²) in [5.41, 5.74) is 1.30. The Morgan fingerprint density at radius 3 is 2.17 bits per heavy atom. The van der Waals surface area contributed by atoms with Gasteiger partial charge < -0.3 is 0 Å². The van der Waals surface area contributed by atoms with E-state index in [-0.39, 0.29) is 15.0 Å². The molecule has 0 aliphatic rings. The molecule has 1 atom stereocenters. The van der Waals surface area contributed by atoms with Gasteiger partial charge in [0.1, 0.15) is 0 Å². The van der Waals surface area contributed by atoms with Crippen molar-refractivity contribution in [1.29, 1.82) is 0 Å². The van der Waals surface area contributed by atoms with Crippen molar-refractivity contribution in [2.75, 3.05) is 0 Å². The fraction of sp³-hybridized carbons (Fsp3) is 0.238. The molecule has 0 saturated heterocycles. The third-order valence-electron chi connectivity index (χ3n) is 3.55. The van der Waals surface area contributed by atoms with Gasteiger partial charge in [-0.3, -0.25) is 0 Å². The monoisotopic (exact) mass is 450 g/mol. The van der Waals surface area contributed by atoms with E-state index in [1.807, 2.05) is 25.1 Å². The number of hydrogen-bond acceptors (Lipinski definition) is 1. The zero-order chi connectivity index (χ0) is 17.4. The zero-order valence-electron chi connectivity index (χ0n) is 14.2. The quantitative estimate of drug-likeness (QED) is 0.550. The maximum absolute atomic E-state index is 10.3. The molecule has 0 spiro atoms. The molecular weight excluding hydrogens is 426 g/mol. The molecule has 0 fully saturated rings. The van der Waals surface area contributed by atoms with Crippen molar-refractivity contribution in [3.05, 3.63) is 69.6 Å². The first-order valence-electron chi connectivity index (χ1n) is 7.88. The number of aliphatic hydroxyl groups is 1. The minimum atomic E-state index is -0.939. The van der Waals surface area contributed by atoms with Gasteiger partial charge in [-0.15, -0.1) is 0 Å². The molecule has 3 heteroatoms. The van der Waals surface area contributed by atoms with Gasteiger partial charge in [-0.25, -0.2) is 0 Å². The third-order valence-corrected chi connectivity index (χ3v) is 9.37. The predicted octanol–water partition coefficient (Wildman–Crippen LogP) is 3.30. The van der Waals surface area contributed by atoms with E-state index in [0.29, 0.717) is 21.4 Å². The average Bonchev–Trinajstić information content (AvgIpc) is 2.62. The SMILES string of the molecule is CCC(C)(O)C#C/C(=C(\[Se]C)[Se]c1ccccc1)c1ccccc1. The second-order valence-electron chi connectivity index (χ2n) is 5.53. The van der Waals surface area contributed by atoms with Gasteiger partial charge >= 0.3 is 158 Å².